The fraction of sp³-hybridized carbons (Fsp3) is 0.548. The van der Waals surface area contributed by atoms with Gasteiger partial charge in [-0.2, -0.15) is 0 Å². The first-order valence-electron chi connectivity index (χ1n) is 14.0. The van der Waals surface area contributed by atoms with E-state index in [1.807, 2.05) is 12.1 Å². The van der Waals surface area contributed by atoms with Crippen LogP contribution in [0.5, 0.6) is 0 Å². The smallest absolute Gasteiger partial charge is 0.304 e. The van der Waals surface area contributed by atoms with Gasteiger partial charge in [-0.15, -0.1) is 0 Å². The Morgan fingerprint density at radius 3 is 2.42 bits per heavy atom. The highest BCUT2D eigenvalue weighted by atomic mass is 16.4. The summed E-state index contributed by atoms with van der Waals surface area (Å²) in [7, 11) is 0. The van der Waals surface area contributed by atoms with Crippen LogP contribution < -0.4 is 5.32 Å². The molecule has 2 aliphatic carbocycles. The van der Waals surface area contributed by atoms with Crippen molar-refractivity contribution in [2.24, 2.45) is 22.2 Å². The van der Waals surface area contributed by atoms with Gasteiger partial charge in [-0.3, -0.25) is 19.6 Å². The monoisotopic (exact) mass is 516 g/mol. The molecular weight excluding hydrogens is 476 g/mol. The number of nitrogens with one attached hydrogen (secondary N) is 1. The van der Waals surface area contributed by atoms with Crippen molar-refractivity contribution >= 4 is 17.6 Å². The van der Waals surface area contributed by atoms with E-state index in [0.29, 0.717) is 30.6 Å². The van der Waals surface area contributed by atoms with Crippen LogP contribution in [0.25, 0.3) is 0 Å². The molecule has 3 aliphatic rings. The Morgan fingerprint density at radius 2 is 1.84 bits per heavy atom. The number of pyridine rings is 1. The van der Waals surface area contributed by atoms with Gasteiger partial charge in [-0.05, 0) is 79.0 Å². The molecule has 0 bridgehead atoms. The molecule has 0 saturated heterocycles. The summed E-state index contributed by atoms with van der Waals surface area (Å²) in [4.78, 5) is 36.7. The molecule has 1 atom stereocenters. The number of carbonyl (C=O) groups is 2. The summed E-state index contributed by atoms with van der Waals surface area (Å²) in [5.41, 5.74) is 3.36. The van der Waals surface area contributed by atoms with E-state index in [1.165, 1.54) is 0 Å². The maximum absolute atomic E-state index is 14.2. The largest absolute Gasteiger partial charge is 0.481 e. The number of amides is 1. The number of nitrogens with zero attached hydrogens (tertiary/aromatic N) is 3. The van der Waals surface area contributed by atoms with Gasteiger partial charge >= 0.3 is 5.97 Å². The predicted octanol–water partition coefficient (Wildman–Crippen LogP) is 5.36. The molecule has 0 radical (unpaired) electrons. The summed E-state index contributed by atoms with van der Waals surface area (Å²) < 4.78 is 0. The Hall–Kier alpha value is -3.06. The second-order valence-corrected chi connectivity index (χ2v) is 12.3. The zero-order valence-electron chi connectivity index (χ0n) is 22.8. The molecule has 2 saturated carbocycles. The number of rotatable bonds is 9. The SMILES string of the molecule is CC(C)(C)C1CCC2(CC1)N=C(c1cccnc1)C(=O)N2C(c1ccc(CNCCC(=O)O)cc1)C1CC1. The third-order valence-corrected chi connectivity index (χ3v) is 8.65. The lowest BCUT2D eigenvalue weighted by molar-refractivity contribution is -0.137. The Bertz CT molecular complexity index is 1170. The van der Waals surface area contributed by atoms with Crippen molar-refractivity contribution in [3.8, 4) is 0 Å². The van der Waals surface area contributed by atoms with Gasteiger partial charge in [0.1, 0.15) is 11.4 Å². The highest BCUT2D eigenvalue weighted by molar-refractivity contribution is 6.46. The van der Waals surface area contributed by atoms with E-state index in [4.69, 9.17) is 10.1 Å². The Kier molecular flexibility index (Phi) is 7.40. The van der Waals surface area contributed by atoms with Crippen molar-refractivity contribution in [3.05, 3.63) is 65.5 Å². The van der Waals surface area contributed by atoms with E-state index >= 15 is 0 Å². The highest BCUT2D eigenvalue weighted by Gasteiger charge is 2.55. The Morgan fingerprint density at radius 1 is 1.13 bits per heavy atom. The molecule has 7 nitrogen and oxygen atoms in total. The number of hydrogen-bond acceptors (Lipinski definition) is 5. The molecule has 1 amide bonds. The minimum atomic E-state index is -0.797. The van der Waals surface area contributed by atoms with Gasteiger partial charge in [0.05, 0.1) is 12.5 Å². The first-order valence-corrected chi connectivity index (χ1v) is 14.0. The lowest BCUT2D eigenvalue weighted by Crippen LogP contribution is -2.52. The molecule has 1 spiro atoms. The number of aliphatic carboxylic acids is 1. The summed E-state index contributed by atoms with van der Waals surface area (Å²) in [6, 6.07) is 12.3. The van der Waals surface area contributed by atoms with E-state index in [-0.39, 0.29) is 23.8 Å². The number of carboxylic acids is 1. The molecule has 7 heteroatoms. The lowest BCUT2D eigenvalue weighted by Gasteiger charge is -2.47. The molecule has 1 aromatic carbocycles. The maximum atomic E-state index is 14.2. The summed E-state index contributed by atoms with van der Waals surface area (Å²) in [6.45, 7) is 8.03. The highest BCUT2D eigenvalue weighted by Crippen LogP contribution is 2.54. The van der Waals surface area contributed by atoms with Gasteiger partial charge in [-0.1, -0.05) is 45.0 Å². The van der Waals surface area contributed by atoms with Crippen LogP contribution in [0.4, 0.5) is 0 Å². The summed E-state index contributed by atoms with van der Waals surface area (Å²) >= 11 is 0. The van der Waals surface area contributed by atoms with Gasteiger partial charge in [0.15, 0.2) is 0 Å². The van der Waals surface area contributed by atoms with Crippen molar-refractivity contribution in [1.29, 1.82) is 0 Å². The topological polar surface area (TPSA) is 94.9 Å². The zero-order chi connectivity index (χ0) is 26.9. The van der Waals surface area contributed by atoms with Crippen LogP contribution in [0.2, 0.25) is 0 Å². The van der Waals surface area contributed by atoms with Crippen molar-refractivity contribution in [2.75, 3.05) is 6.54 Å². The first kappa shape index (κ1) is 26.5. The minimum Gasteiger partial charge on any atom is -0.481 e. The zero-order valence-corrected chi connectivity index (χ0v) is 22.8. The van der Waals surface area contributed by atoms with Crippen LogP contribution in [0, 0.1) is 17.3 Å². The van der Waals surface area contributed by atoms with E-state index in [1.54, 1.807) is 12.4 Å². The van der Waals surface area contributed by atoms with Crippen LogP contribution in [0.1, 0.15) is 88.4 Å². The molecule has 1 aliphatic heterocycles. The van der Waals surface area contributed by atoms with E-state index in [0.717, 1.165) is 55.2 Å². The lowest BCUT2D eigenvalue weighted by atomic mass is 9.69. The number of benzene rings is 1. The van der Waals surface area contributed by atoms with E-state index in [9.17, 15) is 9.59 Å². The molecule has 5 rings (SSSR count). The fourth-order valence-corrected chi connectivity index (χ4v) is 6.29. The number of carbonyl (C=O) groups excluding carboxylic acids is 1. The quantitative estimate of drug-likeness (QED) is 0.438. The number of hydrogen-bond donors (Lipinski definition) is 2. The van der Waals surface area contributed by atoms with Crippen molar-refractivity contribution in [1.82, 2.24) is 15.2 Å². The van der Waals surface area contributed by atoms with Crippen molar-refractivity contribution in [2.45, 2.75) is 84.0 Å². The second kappa shape index (κ2) is 10.6. The number of carboxylic acid groups (broad SMARTS) is 1. The second-order valence-electron chi connectivity index (χ2n) is 12.3. The predicted molar refractivity (Wildman–Crippen MR) is 148 cm³/mol. The van der Waals surface area contributed by atoms with Gasteiger partial charge in [0.25, 0.3) is 5.91 Å². The molecule has 2 aromatic rings. The summed E-state index contributed by atoms with van der Waals surface area (Å²) in [5, 5.41) is 12.1. The standard InChI is InChI=1S/C31H40N4O3/c1-30(2,3)25-12-15-31(16-13-25)34-27(24-5-4-17-32-20-24)29(38)35(31)28(23-10-11-23)22-8-6-21(7-9-22)19-33-18-14-26(36)37/h4-9,17,20,23,25,28,33H,10-16,18-19H2,1-3H3,(H,36,37). The minimum absolute atomic E-state index is 0.000581. The van der Waals surface area contributed by atoms with Gasteiger partial charge in [0, 0.05) is 31.0 Å². The molecule has 1 aromatic heterocycles. The molecule has 2 N–H and O–H groups in total. The third kappa shape index (κ3) is 5.53. The molecule has 38 heavy (non-hydrogen) atoms. The Labute approximate surface area is 225 Å². The normalized spacial score (nSPS) is 24.5. The molecule has 1 unspecified atom stereocenters. The molecule has 2 heterocycles. The van der Waals surface area contributed by atoms with E-state index < -0.39 is 11.6 Å². The maximum Gasteiger partial charge on any atom is 0.304 e. The summed E-state index contributed by atoms with van der Waals surface area (Å²) in [6.07, 6.45) is 9.75. The van der Waals surface area contributed by atoms with Crippen LogP contribution >= 0.6 is 0 Å². The number of aliphatic imine (C=N–C) groups is 1. The van der Waals surface area contributed by atoms with E-state index in [2.05, 4.69) is 60.2 Å². The molecule has 2 fully saturated rings. The molecular formula is C31H40N4O3. The fourth-order valence-electron chi connectivity index (χ4n) is 6.29. The summed E-state index contributed by atoms with van der Waals surface area (Å²) in [5.74, 6) is 0.298. The first-order chi connectivity index (χ1) is 18.2. The average Bonchev–Trinajstić information content (AvgIpc) is 3.70. The van der Waals surface area contributed by atoms with Crippen molar-refractivity contribution in [3.63, 3.8) is 0 Å². The van der Waals surface area contributed by atoms with Gasteiger partial charge in [-0.25, -0.2) is 0 Å². The van der Waals surface area contributed by atoms with Crippen LogP contribution in [-0.4, -0.2) is 44.8 Å². The van der Waals surface area contributed by atoms with Gasteiger partial charge < -0.3 is 15.3 Å². The molecule has 202 valence electrons. The third-order valence-electron chi connectivity index (χ3n) is 8.65. The van der Waals surface area contributed by atoms with Gasteiger partial charge in [0.2, 0.25) is 0 Å². The van der Waals surface area contributed by atoms with Crippen LogP contribution in [0.3, 0.4) is 0 Å². The number of aromatic nitrogens is 1. The average molecular weight is 517 g/mol. The van der Waals surface area contributed by atoms with Crippen molar-refractivity contribution < 1.29 is 14.7 Å². The van der Waals surface area contributed by atoms with Crippen LogP contribution in [0.15, 0.2) is 53.8 Å². The van der Waals surface area contributed by atoms with Crippen LogP contribution in [-0.2, 0) is 16.1 Å². The Balaban J connectivity index is 1.43.